The molecule has 0 saturated carbocycles. The first kappa shape index (κ1) is 33.6. The summed E-state index contributed by atoms with van der Waals surface area (Å²) in [6, 6.07) is 70.2. The Labute approximate surface area is 350 Å². The second-order valence-electron chi connectivity index (χ2n) is 15.6. The molecule has 284 valence electrons. The summed E-state index contributed by atoms with van der Waals surface area (Å²) in [5.41, 5.74) is 11.8. The molecule has 1 aliphatic heterocycles. The van der Waals surface area contributed by atoms with Gasteiger partial charge in [-0.15, -0.1) is 0 Å². The molecule has 0 atom stereocenters. The van der Waals surface area contributed by atoms with Crippen molar-refractivity contribution < 1.29 is 4.74 Å². The third kappa shape index (κ3) is 5.06. The molecular formula is C55H33N5O. The lowest BCUT2D eigenvalue weighted by Crippen LogP contribution is -2.06. The fraction of sp³-hybridized carbons (Fsp3) is 0. The number of hydrogen-bond donors (Lipinski definition) is 0. The largest absolute Gasteiger partial charge is 0.456 e. The number of nitrogens with zero attached hydrogens (tertiary/aromatic N) is 5. The van der Waals surface area contributed by atoms with Crippen molar-refractivity contribution in [1.29, 1.82) is 0 Å². The summed E-state index contributed by atoms with van der Waals surface area (Å²) < 4.78 is 11.3. The monoisotopic (exact) mass is 779 g/mol. The van der Waals surface area contributed by atoms with Gasteiger partial charge in [-0.25, -0.2) is 4.98 Å². The minimum absolute atomic E-state index is 0.570. The van der Waals surface area contributed by atoms with Crippen LogP contribution in [0.5, 0.6) is 11.5 Å². The van der Waals surface area contributed by atoms with Crippen LogP contribution in [0.3, 0.4) is 0 Å². The molecule has 12 aromatic rings. The van der Waals surface area contributed by atoms with Crippen LogP contribution in [0.1, 0.15) is 0 Å². The van der Waals surface area contributed by atoms with Gasteiger partial charge in [0.25, 0.3) is 0 Å². The number of benzene rings is 9. The summed E-state index contributed by atoms with van der Waals surface area (Å²) >= 11 is 0. The maximum Gasteiger partial charge on any atom is 0.238 e. The normalized spacial score (nSPS) is 12.1. The molecule has 0 N–H and O–H groups in total. The lowest BCUT2D eigenvalue weighted by atomic mass is 9.92. The lowest BCUT2D eigenvalue weighted by Gasteiger charge is -2.22. The van der Waals surface area contributed by atoms with Gasteiger partial charge in [0.2, 0.25) is 5.95 Å². The third-order valence-electron chi connectivity index (χ3n) is 12.2. The van der Waals surface area contributed by atoms with E-state index in [0.717, 1.165) is 83.2 Å². The van der Waals surface area contributed by atoms with Crippen LogP contribution in [0.25, 0.3) is 111 Å². The molecule has 61 heavy (non-hydrogen) atoms. The van der Waals surface area contributed by atoms with Crippen molar-refractivity contribution in [2.75, 3.05) is 0 Å². The molecule has 0 aliphatic carbocycles. The molecule has 0 unspecified atom stereocenters. The van der Waals surface area contributed by atoms with Gasteiger partial charge in [-0.2, -0.15) is 9.97 Å². The zero-order chi connectivity index (χ0) is 40.0. The highest BCUT2D eigenvalue weighted by atomic mass is 16.5. The van der Waals surface area contributed by atoms with E-state index in [1.807, 2.05) is 66.7 Å². The smallest absolute Gasteiger partial charge is 0.238 e. The van der Waals surface area contributed by atoms with Crippen LogP contribution in [0.4, 0.5) is 0 Å². The molecule has 0 saturated heterocycles. The van der Waals surface area contributed by atoms with E-state index in [1.54, 1.807) is 0 Å². The molecule has 0 amide bonds. The van der Waals surface area contributed by atoms with Crippen LogP contribution < -0.4 is 4.74 Å². The summed E-state index contributed by atoms with van der Waals surface area (Å²) in [6.07, 6.45) is 0. The topological polar surface area (TPSA) is 57.8 Å². The van der Waals surface area contributed by atoms with Crippen LogP contribution >= 0.6 is 0 Å². The molecule has 1 aliphatic rings. The molecule has 0 bridgehead atoms. The van der Waals surface area contributed by atoms with Crippen LogP contribution in [-0.2, 0) is 0 Å². The third-order valence-corrected chi connectivity index (χ3v) is 12.2. The highest BCUT2D eigenvalue weighted by molar-refractivity contribution is 6.26. The van der Waals surface area contributed by atoms with Crippen molar-refractivity contribution in [2.45, 2.75) is 0 Å². The van der Waals surface area contributed by atoms with Gasteiger partial charge in [-0.1, -0.05) is 152 Å². The van der Waals surface area contributed by atoms with Crippen LogP contribution in [0.15, 0.2) is 200 Å². The number of ether oxygens (including phenoxy) is 1. The van der Waals surface area contributed by atoms with E-state index in [1.165, 1.54) is 21.7 Å². The summed E-state index contributed by atoms with van der Waals surface area (Å²) in [4.78, 5) is 15.3. The number of fused-ring (bicyclic) bond motifs is 9. The maximum absolute atomic E-state index is 6.70. The molecule has 13 rings (SSSR count). The van der Waals surface area contributed by atoms with Crippen LogP contribution in [-0.4, -0.2) is 24.1 Å². The van der Waals surface area contributed by atoms with Crippen molar-refractivity contribution >= 4 is 54.4 Å². The Balaban J connectivity index is 1.08. The quantitative estimate of drug-likeness (QED) is 0.175. The van der Waals surface area contributed by atoms with Gasteiger partial charge < -0.3 is 9.30 Å². The van der Waals surface area contributed by atoms with E-state index in [4.69, 9.17) is 19.7 Å². The Morgan fingerprint density at radius 3 is 1.72 bits per heavy atom. The zero-order valence-electron chi connectivity index (χ0n) is 32.7. The Bertz CT molecular complexity index is 3660. The van der Waals surface area contributed by atoms with E-state index in [0.29, 0.717) is 17.6 Å². The molecule has 0 fully saturated rings. The Kier molecular flexibility index (Phi) is 7.21. The Morgan fingerprint density at radius 2 is 0.934 bits per heavy atom. The maximum atomic E-state index is 6.70. The predicted octanol–water partition coefficient (Wildman–Crippen LogP) is 14.0. The molecule has 3 aromatic heterocycles. The van der Waals surface area contributed by atoms with E-state index < -0.39 is 0 Å². The average Bonchev–Trinajstić information content (AvgIpc) is 3.85. The number of hydrogen-bond acceptors (Lipinski definition) is 4. The van der Waals surface area contributed by atoms with Gasteiger partial charge in [0.15, 0.2) is 11.6 Å². The molecule has 0 spiro atoms. The summed E-state index contributed by atoms with van der Waals surface area (Å²) in [7, 11) is 0. The first-order valence-electron chi connectivity index (χ1n) is 20.5. The standard InChI is InChI=1S/C55H33N5O/c1-4-16-34(17-5-1)53-56-54(35-18-6-2-7-19-35)58-55(57-53)60-44-27-12-10-23-41(44)50-38(24-15-28-46(50)60)36-30-31-45-43(32-36)51-42-26-14-25-40-39-22-11-13-29-48(39)61-49(52(40)42)33-47(51)59(45)37-20-8-3-9-21-37/h1-33H. The Morgan fingerprint density at radius 1 is 0.328 bits per heavy atom. The fourth-order valence-electron chi connectivity index (χ4n) is 9.55. The van der Waals surface area contributed by atoms with Crippen LogP contribution in [0, 0.1) is 0 Å². The minimum Gasteiger partial charge on any atom is -0.456 e. The molecule has 6 heteroatoms. The molecule has 6 nitrogen and oxygen atoms in total. The second kappa shape index (κ2) is 13.1. The summed E-state index contributed by atoms with van der Waals surface area (Å²) in [5, 5.41) is 6.95. The number of aromatic nitrogens is 5. The summed E-state index contributed by atoms with van der Waals surface area (Å²) in [6.45, 7) is 0. The minimum atomic E-state index is 0.570. The molecular weight excluding hydrogens is 747 g/mol. The van der Waals surface area contributed by atoms with Gasteiger partial charge in [0.1, 0.15) is 11.5 Å². The Hall–Kier alpha value is -8.35. The molecule has 4 heterocycles. The van der Waals surface area contributed by atoms with Gasteiger partial charge in [-0.05, 0) is 64.5 Å². The van der Waals surface area contributed by atoms with Crippen molar-refractivity contribution in [1.82, 2.24) is 24.1 Å². The van der Waals surface area contributed by atoms with Gasteiger partial charge in [0.05, 0.1) is 22.1 Å². The summed E-state index contributed by atoms with van der Waals surface area (Å²) in [5.74, 6) is 3.57. The lowest BCUT2D eigenvalue weighted by molar-refractivity contribution is 0.487. The average molecular weight is 780 g/mol. The van der Waals surface area contributed by atoms with Gasteiger partial charge in [0, 0.05) is 55.4 Å². The van der Waals surface area contributed by atoms with E-state index in [-0.39, 0.29) is 0 Å². The highest BCUT2D eigenvalue weighted by Gasteiger charge is 2.26. The first-order valence-corrected chi connectivity index (χ1v) is 20.5. The van der Waals surface area contributed by atoms with E-state index >= 15 is 0 Å². The predicted molar refractivity (Wildman–Crippen MR) is 248 cm³/mol. The van der Waals surface area contributed by atoms with Crippen molar-refractivity contribution in [3.63, 3.8) is 0 Å². The molecule has 9 aromatic carbocycles. The van der Waals surface area contributed by atoms with Gasteiger partial charge >= 0.3 is 0 Å². The van der Waals surface area contributed by atoms with Crippen LogP contribution in [0.2, 0.25) is 0 Å². The van der Waals surface area contributed by atoms with E-state index in [9.17, 15) is 0 Å². The van der Waals surface area contributed by atoms with Crippen molar-refractivity contribution in [3.8, 4) is 68.2 Å². The fourth-order valence-corrected chi connectivity index (χ4v) is 9.55. The SMILES string of the molecule is c1ccc(-c2nc(-c3ccccc3)nc(-n3c4ccccc4c4c(-c5ccc6c(c5)c5c7cccc8c7c(cc5n6-c5ccccc5)Oc5ccccc5-8)cccc43)n2)cc1. The number of para-hydroxylation sites is 3. The van der Waals surface area contributed by atoms with Crippen molar-refractivity contribution in [3.05, 3.63) is 200 Å². The first-order chi connectivity index (χ1) is 30.3. The van der Waals surface area contributed by atoms with E-state index in [2.05, 4.69) is 143 Å². The number of rotatable bonds is 5. The zero-order valence-corrected chi connectivity index (χ0v) is 32.7. The molecule has 0 radical (unpaired) electrons. The highest BCUT2D eigenvalue weighted by Crippen LogP contribution is 2.51. The second-order valence-corrected chi connectivity index (χ2v) is 15.6. The van der Waals surface area contributed by atoms with Gasteiger partial charge in [-0.3, -0.25) is 4.57 Å². The van der Waals surface area contributed by atoms with Crippen molar-refractivity contribution in [2.24, 2.45) is 0 Å².